The van der Waals surface area contributed by atoms with E-state index in [-0.39, 0.29) is 17.7 Å². The van der Waals surface area contributed by atoms with Crippen LogP contribution in [0.5, 0.6) is 5.88 Å². The Kier molecular flexibility index (Phi) is 4.65. The van der Waals surface area contributed by atoms with Crippen molar-refractivity contribution in [3.05, 3.63) is 52.2 Å². The third-order valence-electron chi connectivity index (χ3n) is 2.82. The zero-order valence-corrected chi connectivity index (χ0v) is 11.8. The summed E-state index contributed by atoms with van der Waals surface area (Å²) in [7, 11) is 0. The Labute approximate surface area is 122 Å². The summed E-state index contributed by atoms with van der Waals surface area (Å²) in [5.41, 5.74) is 0.662. The molecule has 1 atom stereocenters. The van der Waals surface area contributed by atoms with Gasteiger partial charge in [-0.1, -0.05) is 30.3 Å². The summed E-state index contributed by atoms with van der Waals surface area (Å²) in [6.07, 6.45) is 0.798. The van der Waals surface area contributed by atoms with E-state index in [4.69, 9.17) is 4.74 Å². The van der Waals surface area contributed by atoms with Crippen LogP contribution in [0, 0.1) is 10.1 Å². The van der Waals surface area contributed by atoms with Crippen LogP contribution in [-0.2, 0) is 0 Å². The van der Waals surface area contributed by atoms with Gasteiger partial charge in [0, 0.05) is 6.54 Å². The van der Waals surface area contributed by atoms with E-state index >= 15 is 0 Å². The fourth-order valence-corrected chi connectivity index (χ4v) is 1.77. The van der Waals surface area contributed by atoms with Crippen molar-refractivity contribution in [3.8, 4) is 5.88 Å². The van der Waals surface area contributed by atoms with Crippen LogP contribution in [0.25, 0.3) is 0 Å². The maximum atomic E-state index is 11.0. The SMILES string of the molecule is CCNc1ncc([N+](=O)[O-])c(OC(C)c2ccccc2)n1. The number of ether oxygens (including phenoxy) is 1. The van der Waals surface area contributed by atoms with Gasteiger partial charge in [-0.05, 0) is 19.4 Å². The number of anilines is 1. The van der Waals surface area contributed by atoms with Gasteiger partial charge in [-0.3, -0.25) is 10.1 Å². The van der Waals surface area contributed by atoms with E-state index in [0.717, 1.165) is 11.8 Å². The number of hydrogen-bond donors (Lipinski definition) is 1. The molecule has 0 aliphatic carbocycles. The summed E-state index contributed by atoms with van der Waals surface area (Å²) >= 11 is 0. The Bertz CT molecular complexity index is 619. The molecule has 110 valence electrons. The molecule has 2 aromatic rings. The van der Waals surface area contributed by atoms with Gasteiger partial charge in [0.05, 0.1) is 4.92 Å². The van der Waals surface area contributed by atoms with Crippen molar-refractivity contribution in [2.45, 2.75) is 20.0 Å². The number of hydrogen-bond acceptors (Lipinski definition) is 6. The maximum Gasteiger partial charge on any atom is 0.349 e. The van der Waals surface area contributed by atoms with Crippen molar-refractivity contribution >= 4 is 11.6 Å². The lowest BCUT2D eigenvalue weighted by atomic mass is 10.1. The second kappa shape index (κ2) is 6.65. The Morgan fingerprint density at radius 2 is 2.10 bits per heavy atom. The van der Waals surface area contributed by atoms with Gasteiger partial charge in [-0.15, -0.1) is 0 Å². The minimum atomic E-state index is -0.553. The largest absolute Gasteiger partial charge is 0.465 e. The molecule has 1 aromatic heterocycles. The molecular weight excluding hydrogens is 272 g/mol. The predicted molar refractivity (Wildman–Crippen MR) is 78.3 cm³/mol. The zero-order chi connectivity index (χ0) is 15.2. The molecule has 1 unspecified atom stereocenters. The Balaban J connectivity index is 2.28. The molecule has 0 bridgehead atoms. The fourth-order valence-electron chi connectivity index (χ4n) is 1.77. The fraction of sp³-hybridized carbons (Fsp3) is 0.286. The van der Waals surface area contributed by atoms with Crippen LogP contribution >= 0.6 is 0 Å². The predicted octanol–water partition coefficient (Wildman–Crippen LogP) is 2.96. The van der Waals surface area contributed by atoms with Crippen molar-refractivity contribution in [2.24, 2.45) is 0 Å². The molecule has 1 heterocycles. The molecule has 0 aliphatic heterocycles. The first kappa shape index (κ1) is 14.7. The zero-order valence-electron chi connectivity index (χ0n) is 11.8. The van der Waals surface area contributed by atoms with E-state index in [0.29, 0.717) is 12.5 Å². The maximum absolute atomic E-state index is 11.0. The summed E-state index contributed by atoms with van der Waals surface area (Å²) in [6.45, 7) is 4.32. The molecular formula is C14H16N4O3. The molecule has 0 amide bonds. The second-order valence-electron chi connectivity index (χ2n) is 4.34. The van der Waals surface area contributed by atoms with E-state index in [1.165, 1.54) is 0 Å². The van der Waals surface area contributed by atoms with Gasteiger partial charge in [0.1, 0.15) is 12.3 Å². The van der Waals surface area contributed by atoms with Crippen molar-refractivity contribution in [2.75, 3.05) is 11.9 Å². The first-order valence-corrected chi connectivity index (χ1v) is 6.58. The average molecular weight is 288 g/mol. The van der Waals surface area contributed by atoms with Crippen LogP contribution in [-0.4, -0.2) is 21.4 Å². The van der Waals surface area contributed by atoms with Gasteiger partial charge in [-0.25, -0.2) is 4.98 Å². The highest BCUT2D eigenvalue weighted by Gasteiger charge is 2.21. The highest BCUT2D eigenvalue weighted by atomic mass is 16.6. The van der Waals surface area contributed by atoms with E-state index in [1.807, 2.05) is 44.2 Å². The highest BCUT2D eigenvalue weighted by molar-refractivity contribution is 5.43. The topological polar surface area (TPSA) is 90.2 Å². The molecule has 0 aliphatic rings. The monoisotopic (exact) mass is 288 g/mol. The van der Waals surface area contributed by atoms with Crippen LogP contribution in [0.3, 0.4) is 0 Å². The molecule has 0 spiro atoms. The van der Waals surface area contributed by atoms with Gasteiger partial charge in [0.15, 0.2) is 0 Å². The van der Waals surface area contributed by atoms with E-state index in [2.05, 4.69) is 15.3 Å². The van der Waals surface area contributed by atoms with Gasteiger partial charge < -0.3 is 10.1 Å². The molecule has 1 N–H and O–H groups in total. The Morgan fingerprint density at radius 1 is 1.38 bits per heavy atom. The number of nitrogens with one attached hydrogen (secondary N) is 1. The lowest BCUT2D eigenvalue weighted by Crippen LogP contribution is -2.09. The van der Waals surface area contributed by atoms with Crippen LogP contribution in [0.1, 0.15) is 25.5 Å². The first-order chi connectivity index (χ1) is 10.1. The first-order valence-electron chi connectivity index (χ1n) is 6.58. The molecule has 21 heavy (non-hydrogen) atoms. The van der Waals surface area contributed by atoms with Crippen LogP contribution < -0.4 is 10.1 Å². The number of benzene rings is 1. The Hall–Kier alpha value is -2.70. The third kappa shape index (κ3) is 3.65. The van der Waals surface area contributed by atoms with Crippen molar-refractivity contribution in [1.29, 1.82) is 0 Å². The van der Waals surface area contributed by atoms with Crippen LogP contribution in [0.4, 0.5) is 11.6 Å². The van der Waals surface area contributed by atoms with Gasteiger partial charge in [0.25, 0.3) is 5.88 Å². The minimum Gasteiger partial charge on any atom is -0.465 e. The van der Waals surface area contributed by atoms with E-state index < -0.39 is 4.92 Å². The summed E-state index contributed by atoms with van der Waals surface area (Å²) in [4.78, 5) is 18.4. The molecule has 0 saturated carbocycles. The second-order valence-corrected chi connectivity index (χ2v) is 4.34. The number of rotatable bonds is 6. The minimum absolute atomic E-state index is 0.0395. The quantitative estimate of drug-likeness (QED) is 0.649. The summed E-state index contributed by atoms with van der Waals surface area (Å²) in [6, 6.07) is 9.44. The van der Waals surface area contributed by atoms with Gasteiger partial charge >= 0.3 is 5.69 Å². The number of nitrogens with zero attached hydrogens (tertiary/aromatic N) is 3. The lowest BCUT2D eigenvalue weighted by Gasteiger charge is -2.14. The molecule has 1 aromatic carbocycles. The van der Waals surface area contributed by atoms with E-state index in [1.54, 1.807) is 0 Å². The molecule has 7 heteroatoms. The summed E-state index contributed by atoms with van der Waals surface area (Å²) in [5, 5.41) is 13.9. The number of nitro groups is 1. The molecule has 0 radical (unpaired) electrons. The molecule has 2 rings (SSSR count). The highest BCUT2D eigenvalue weighted by Crippen LogP contribution is 2.29. The van der Waals surface area contributed by atoms with Gasteiger partial charge in [-0.2, -0.15) is 4.98 Å². The molecule has 0 fully saturated rings. The number of aromatic nitrogens is 2. The molecule has 0 saturated heterocycles. The van der Waals surface area contributed by atoms with Crippen molar-refractivity contribution < 1.29 is 9.66 Å². The normalized spacial score (nSPS) is 11.7. The summed E-state index contributed by atoms with van der Waals surface area (Å²) in [5.74, 6) is 0.265. The van der Waals surface area contributed by atoms with Crippen LogP contribution in [0.2, 0.25) is 0 Å². The van der Waals surface area contributed by atoms with Crippen molar-refractivity contribution in [3.63, 3.8) is 0 Å². The standard InChI is InChI=1S/C14H16N4O3/c1-3-15-14-16-9-12(18(19)20)13(17-14)21-10(2)11-7-5-4-6-8-11/h4-10H,3H2,1-2H3,(H,15,16,17). The van der Waals surface area contributed by atoms with E-state index in [9.17, 15) is 10.1 Å². The van der Waals surface area contributed by atoms with Gasteiger partial charge in [0.2, 0.25) is 5.95 Å². The van der Waals surface area contributed by atoms with Crippen molar-refractivity contribution in [1.82, 2.24) is 9.97 Å². The smallest absolute Gasteiger partial charge is 0.349 e. The molecule has 7 nitrogen and oxygen atoms in total. The average Bonchev–Trinajstić information content (AvgIpc) is 2.48. The third-order valence-corrected chi connectivity index (χ3v) is 2.82. The Morgan fingerprint density at radius 3 is 2.71 bits per heavy atom. The van der Waals surface area contributed by atoms with Crippen LogP contribution in [0.15, 0.2) is 36.5 Å². The summed E-state index contributed by atoms with van der Waals surface area (Å²) < 4.78 is 5.65. The lowest BCUT2D eigenvalue weighted by molar-refractivity contribution is -0.386.